The van der Waals surface area contributed by atoms with Gasteiger partial charge in [-0.3, -0.25) is 0 Å². The van der Waals surface area contributed by atoms with Crippen LogP contribution < -0.4 is 5.32 Å². The van der Waals surface area contributed by atoms with E-state index in [1.165, 1.54) is 12.1 Å². The molecule has 1 rings (SSSR count). The van der Waals surface area contributed by atoms with Crippen molar-refractivity contribution < 1.29 is 24.1 Å². The molecule has 0 aliphatic rings. The number of aliphatic hydroxyl groups is 2. The van der Waals surface area contributed by atoms with E-state index >= 15 is 0 Å². The summed E-state index contributed by atoms with van der Waals surface area (Å²) in [6, 6.07) is 3.86. The fourth-order valence-corrected chi connectivity index (χ4v) is 2.22. The van der Waals surface area contributed by atoms with E-state index in [1.807, 2.05) is 0 Å². The van der Waals surface area contributed by atoms with Crippen molar-refractivity contribution in [2.75, 3.05) is 6.54 Å². The third kappa shape index (κ3) is 6.29. The van der Waals surface area contributed by atoms with Crippen LogP contribution in [-0.2, 0) is 4.74 Å². The highest BCUT2D eigenvalue weighted by Crippen LogP contribution is 2.27. The number of halogens is 2. The number of nitrogens with one attached hydrogen (secondary N) is 1. The van der Waals surface area contributed by atoms with Crippen molar-refractivity contribution in [1.82, 2.24) is 5.32 Å². The Morgan fingerprint density at radius 1 is 1.41 bits per heavy atom. The summed E-state index contributed by atoms with van der Waals surface area (Å²) in [4.78, 5) is 11.4. The van der Waals surface area contributed by atoms with E-state index in [9.17, 15) is 19.4 Å². The summed E-state index contributed by atoms with van der Waals surface area (Å²) in [7, 11) is 0. The minimum absolute atomic E-state index is 0.101. The molecular formula is C15H21BrFNO4. The van der Waals surface area contributed by atoms with E-state index in [0.717, 1.165) is 6.07 Å². The highest BCUT2D eigenvalue weighted by atomic mass is 79.9. The lowest BCUT2D eigenvalue weighted by Crippen LogP contribution is -2.34. The zero-order valence-electron chi connectivity index (χ0n) is 12.8. The first kappa shape index (κ1) is 18.9. The van der Waals surface area contributed by atoms with Crippen LogP contribution in [-0.4, -0.2) is 34.6 Å². The molecular weight excluding hydrogens is 357 g/mol. The molecule has 0 radical (unpaired) electrons. The summed E-state index contributed by atoms with van der Waals surface area (Å²) in [6.45, 7) is 5.35. The standard InChI is InChI=1S/C15H21BrFNO4/c1-15(2,3)22-14(21)18-7-6-12(19)13(20)10-8-9(17)4-5-11(10)16/h4-5,8,12-13,19-20H,6-7H2,1-3H3,(H,18,21). The average molecular weight is 378 g/mol. The zero-order chi connectivity index (χ0) is 16.9. The summed E-state index contributed by atoms with van der Waals surface area (Å²) in [5, 5.41) is 22.5. The van der Waals surface area contributed by atoms with Gasteiger partial charge in [0, 0.05) is 16.6 Å². The Kier molecular flexibility index (Phi) is 6.77. The third-order valence-corrected chi connectivity index (χ3v) is 3.47. The second-order valence-corrected chi connectivity index (χ2v) is 6.75. The number of rotatable bonds is 5. The summed E-state index contributed by atoms with van der Waals surface area (Å²) in [5.74, 6) is -0.503. The number of aliphatic hydroxyl groups excluding tert-OH is 2. The Balaban J connectivity index is 2.50. The lowest BCUT2D eigenvalue weighted by molar-refractivity contribution is 0.0118. The SMILES string of the molecule is CC(C)(C)OC(=O)NCCC(O)C(O)c1cc(F)ccc1Br. The normalized spacial score (nSPS) is 14.3. The maximum atomic E-state index is 13.2. The van der Waals surface area contributed by atoms with E-state index in [4.69, 9.17) is 4.74 Å². The van der Waals surface area contributed by atoms with Gasteiger partial charge in [0.25, 0.3) is 0 Å². The molecule has 0 aliphatic heterocycles. The lowest BCUT2D eigenvalue weighted by Gasteiger charge is -2.21. The van der Waals surface area contributed by atoms with Crippen molar-refractivity contribution in [1.29, 1.82) is 0 Å². The van der Waals surface area contributed by atoms with E-state index in [-0.39, 0.29) is 18.5 Å². The van der Waals surface area contributed by atoms with Gasteiger partial charge in [-0.05, 0) is 45.4 Å². The molecule has 0 fully saturated rings. The predicted molar refractivity (Wildman–Crippen MR) is 83.9 cm³/mol. The van der Waals surface area contributed by atoms with Crippen LogP contribution in [0.4, 0.5) is 9.18 Å². The smallest absolute Gasteiger partial charge is 0.407 e. The fraction of sp³-hybridized carbons (Fsp3) is 0.533. The topological polar surface area (TPSA) is 78.8 Å². The maximum absolute atomic E-state index is 13.2. The van der Waals surface area contributed by atoms with Gasteiger partial charge in [0.15, 0.2) is 0 Å². The van der Waals surface area contributed by atoms with Crippen molar-refractivity contribution in [3.8, 4) is 0 Å². The largest absolute Gasteiger partial charge is 0.444 e. The lowest BCUT2D eigenvalue weighted by atomic mass is 10.0. The zero-order valence-corrected chi connectivity index (χ0v) is 14.4. The van der Waals surface area contributed by atoms with Crippen molar-refractivity contribution in [2.45, 2.75) is 45.0 Å². The summed E-state index contributed by atoms with van der Waals surface area (Å²) in [6.07, 6.45) is -2.90. The van der Waals surface area contributed by atoms with Gasteiger partial charge in [-0.15, -0.1) is 0 Å². The van der Waals surface area contributed by atoms with Crippen LogP contribution in [0.25, 0.3) is 0 Å². The highest BCUT2D eigenvalue weighted by molar-refractivity contribution is 9.10. The molecule has 0 saturated carbocycles. The second kappa shape index (κ2) is 7.89. The Labute approximate surface area is 137 Å². The molecule has 0 aliphatic carbocycles. The molecule has 1 aromatic carbocycles. The third-order valence-electron chi connectivity index (χ3n) is 2.75. The van der Waals surface area contributed by atoms with Gasteiger partial charge in [-0.25, -0.2) is 9.18 Å². The number of ether oxygens (including phenoxy) is 1. The van der Waals surface area contributed by atoms with Crippen molar-refractivity contribution in [3.63, 3.8) is 0 Å². The van der Waals surface area contributed by atoms with Gasteiger partial charge in [-0.1, -0.05) is 15.9 Å². The van der Waals surface area contributed by atoms with E-state index in [1.54, 1.807) is 20.8 Å². The first-order chi connectivity index (χ1) is 10.1. The minimum Gasteiger partial charge on any atom is -0.444 e. The molecule has 124 valence electrons. The molecule has 7 heteroatoms. The van der Waals surface area contributed by atoms with Gasteiger partial charge >= 0.3 is 6.09 Å². The number of alkyl carbamates (subject to hydrolysis) is 1. The Hall–Kier alpha value is -1.18. The van der Waals surface area contributed by atoms with E-state index in [2.05, 4.69) is 21.2 Å². The molecule has 0 heterocycles. The molecule has 2 unspecified atom stereocenters. The molecule has 0 saturated heterocycles. The van der Waals surface area contributed by atoms with E-state index in [0.29, 0.717) is 4.47 Å². The number of benzene rings is 1. The fourth-order valence-electron chi connectivity index (χ4n) is 1.74. The first-order valence-corrected chi connectivity index (χ1v) is 7.67. The summed E-state index contributed by atoms with van der Waals surface area (Å²) < 4.78 is 18.7. The van der Waals surface area contributed by atoms with Crippen molar-refractivity contribution in [3.05, 3.63) is 34.1 Å². The van der Waals surface area contributed by atoms with Crippen LogP contribution >= 0.6 is 15.9 Å². The van der Waals surface area contributed by atoms with Crippen LogP contribution in [0.2, 0.25) is 0 Å². The van der Waals surface area contributed by atoms with Gasteiger partial charge in [0.1, 0.15) is 17.5 Å². The highest BCUT2D eigenvalue weighted by Gasteiger charge is 2.22. The molecule has 3 N–H and O–H groups in total. The molecule has 1 aromatic rings. The summed E-state index contributed by atoms with van der Waals surface area (Å²) in [5.41, 5.74) is -0.348. The first-order valence-electron chi connectivity index (χ1n) is 6.88. The molecule has 0 spiro atoms. The maximum Gasteiger partial charge on any atom is 0.407 e. The average Bonchev–Trinajstić information content (AvgIpc) is 2.38. The second-order valence-electron chi connectivity index (χ2n) is 5.90. The van der Waals surface area contributed by atoms with Crippen molar-refractivity contribution in [2.24, 2.45) is 0 Å². The van der Waals surface area contributed by atoms with E-state index < -0.39 is 29.7 Å². The van der Waals surface area contributed by atoms with Gasteiger partial charge in [-0.2, -0.15) is 0 Å². The quantitative estimate of drug-likeness (QED) is 0.736. The molecule has 1 amide bonds. The Morgan fingerprint density at radius 3 is 2.64 bits per heavy atom. The van der Waals surface area contributed by atoms with Gasteiger partial charge < -0.3 is 20.3 Å². The number of amides is 1. The number of carbonyl (C=O) groups is 1. The Bertz CT molecular complexity index is 519. The van der Waals surface area contributed by atoms with Crippen LogP contribution in [0.5, 0.6) is 0 Å². The number of hydrogen-bond acceptors (Lipinski definition) is 4. The monoisotopic (exact) mass is 377 g/mol. The van der Waals surface area contributed by atoms with Crippen LogP contribution in [0.15, 0.2) is 22.7 Å². The number of carbonyl (C=O) groups excluding carboxylic acids is 1. The Morgan fingerprint density at radius 2 is 2.05 bits per heavy atom. The van der Waals surface area contributed by atoms with Crippen LogP contribution in [0.3, 0.4) is 0 Å². The van der Waals surface area contributed by atoms with Gasteiger partial charge in [0.05, 0.1) is 6.10 Å². The number of hydrogen-bond donors (Lipinski definition) is 3. The summed E-state index contributed by atoms with van der Waals surface area (Å²) >= 11 is 3.20. The molecule has 5 nitrogen and oxygen atoms in total. The van der Waals surface area contributed by atoms with Crippen LogP contribution in [0, 0.1) is 5.82 Å². The van der Waals surface area contributed by atoms with Gasteiger partial charge in [0.2, 0.25) is 0 Å². The van der Waals surface area contributed by atoms with Crippen molar-refractivity contribution >= 4 is 22.0 Å². The minimum atomic E-state index is -1.26. The predicted octanol–water partition coefficient (Wildman–Crippen LogP) is 2.90. The molecule has 0 aromatic heterocycles. The molecule has 2 atom stereocenters. The molecule has 0 bridgehead atoms. The molecule has 22 heavy (non-hydrogen) atoms. The van der Waals surface area contributed by atoms with Crippen LogP contribution in [0.1, 0.15) is 38.9 Å².